The number of halogens is 1. The van der Waals surface area contributed by atoms with Crippen molar-refractivity contribution < 1.29 is 5.11 Å². The summed E-state index contributed by atoms with van der Waals surface area (Å²) in [4.78, 5) is 2.51. The van der Waals surface area contributed by atoms with Gasteiger partial charge in [-0.05, 0) is 79.1 Å². The van der Waals surface area contributed by atoms with Crippen molar-refractivity contribution in [1.82, 2.24) is 10.2 Å². The van der Waals surface area contributed by atoms with Gasteiger partial charge in [0.2, 0.25) is 0 Å². The van der Waals surface area contributed by atoms with Gasteiger partial charge in [0, 0.05) is 31.1 Å². The monoisotopic (exact) mass is 382 g/mol. The maximum atomic E-state index is 10.3. The van der Waals surface area contributed by atoms with Crippen LogP contribution >= 0.6 is 11.6 Å². The van der Waals surface area contributed by atoms with Crippen LogP contribution in [0.2, 0.25) is 5.02 Å². The first kappa shape index (κ1) is 17.5. The van der Waals surface area contributed by atoms with Crippen molar-refractivity contribution in [2.24, 2.45) is 0 Å². The Balaban J connectivity index is 1.61. The number of nitrogens with one attached hydrogen (secondary N) is 1. The number of aromatic hydroxyl groups is 1. The average Bonchev–Trinajstić information content (AvgIpc) is 3.50. The van der Waals surface area contributed by atoms with E-state index in [4.69, 9.17) is 11.6 Å². The minimum atomic E-state index is 0.206. The number of hydrogen-bond acceptors (Lipinski definition) is 3. The molecule has 4 heteroatoms. The molecule has 2 N–H and O–H groups in total. The SMILES string of the molecule is CN1CCc2cc(Cl)c(O)cc2[C@H]2c3cccc(CNC4CC4)c3CC[C@@H]21. The van der Waals surface area contributed by atoms with E-state index in [1.54, 1.807) is 0 Å². The zero-order valence-electron chi connectivity index (χ0n) is 15.8. The van der Waals surface area contributed by atoms with Gasteiger partial charge in [-0.15, -0.1) is 0 Å². The Morgan fingerprint density at radius 3 is 2.81 bits per heavy atom. The van der Waals surface area contributed by atoms with Crippen LogP contribution in [0, 0.1) is 0 Å². The fourth-order valence-electron chi connectivity index (χ4n) is 5.06. The molecule has 0 unspecified atom stereocenters. The molecule has 0 bridgehead atoms. The smallest absolute Gasteiger partial charge is 0.134 e. The molecule has 3 nitrogen and oxygen atoms in total. The fourth-order valence-corrected chi connectivity index (χ4v) is 5.25. The molecule has 2 aliphatic carbocycles. The number of nitrogens with zero attached hydrogens (tertiary/aromatic N) is 1. The van der Waals surface area contributed by atoms with Gasteiger partial charge in [0.25, 0.3) is 0 Å². The zero-order valence-corrected chi connectivity index (χ0v) is 16.6. The second-order valence-corrected chi connectivity index (χ2v) is 8.86. The molecular formula is C23H27ClN2O. The summed E-state index contributed by atoms with van der Waals surface area (Å²) < 4.78 is 0. The molecule has 2 atom stereocenters. The molecule has 0 amide bonds. The van der Waals surface area contributed by atoms with E-state index in [1.165, 1.54) is 40.7 Å². The summed E-state index contributed by atoms with van der Waals surface area (Å²) in [7, 11) is 2.24. The predicted octanol–water partition coefficient (Wildman–Crippen LogP) is 4.23. The van der Waals surface area contributed by atoms with Crippen LogP contribution in [0.3, 0.4) is 0 Å². The number of phenolic OH excluding ortho intramolecular Hbond substituents is 1. The number of phenols is 1. The molecule has 0 aromatic heterocycles. The van der Waals surface area contributed by atoms with Crippen LogP contribution in [0.1, 0.15) is 53.0 Å². The van der Waals surface area contributed by atoms with Crippen LogP contribution in [0.5, 0.6) is 5.75 Å². The molecule has 1 fully saturated rings. The Kier molecular flexibility index (Phi) is 4.42. The van der Waals surface area contributed by atoms with Crippen molar-refractivity contribution in [2.75, 3.05) is 13.6 Å². The highest BCUT2D eigenvalue weighted by molar-refractivity contribution is 6.32. The Labute approximate surface area is 166 Å². The first-order valence-electron chi connectivity index (χ1n) is 10.2. The minimum Gasteiger partial charge on any atom is -0.506 e. The van der Waals surface area contributed by atoms with Crippen molar-refractivity contribution in [3.63, 3.8) is 0 Å². The summed E-state index contributed by atoms with van der Waals surface area (Å²) in [6.07, 6.45) is 5.92. The van der Waals surface area contributed by atoms with Crippen molar-refractivity contribution in [3.05, 3.63) is 63.2 Å². The largest absolute Gasteiger partial charge is 0.506 e. The highest BCUT2D eigenvalue weighted by Crippen LogP contribution is 2.45. The summed E-state index contributed by atoms with van der Waals surface area (Å²) >= 11 is 6.24. The molecule has 1 aliphatic heterocycles. The van der Waals surface area contributed by atoms with E-state index in [9.17, 15) is 5.11 Å². The van der Waals surface area contributed by atoms with Crippen molar-refractivity contribution >= 4 is 11.6 Å². The Bertz CT molecular complexity index is 877. The Hall–Kier alpha value is -1.55. The molecule has 0 saturated heterocycles. The first-order valence-corrected chi connectivity index (χ1v) is 10.5. The lowest BCUT2D eigenvalue weighted by Gasteiger charge is -2.39. The third-order valence-corrected chi connectivity index (χ3v) is 7.02. The molecule has 2 aromatic rings. The van der Waals surface area contributed by atoms with Gasteiger partial charge in [0.15, 0.2) is 0 Å². The second kappa shape index (κ2) is 6.80. The summed E-state index contributed by atoms with van der Waals surface area (Å²) in [5.74, 6) is 0.512. The van der Waals surface area contributed by atoms with Gasteiger partial charge in [0.1, 0.15) is 5.75 Å². The summed E-state index contributed by atoms with van der Waals surface area (Å²) in [6, 6.07) is 11.9. The molecule has 27 heavy (non-hydrogen) atoms. The van der Waals surface area contributed by atoms with Gasteiger partial charge in [0.05, 0.1) is 5.02 Å². The molecule has 3 aliphatic rings. The average molecular weight is 383 g/mol. The third kappa shape index (κ3) is 3.16. The fraction of sp³-hybridized carbons (Fsp3) is 0.478. The van der Waals surface area contributed by atoms with Crippen LogP contribution in [0.25, 0.3) is 0 Å². The molecule has 5 rings (SSSR count). The Morgan fingerprint density at radius 2 is 2.00 bits per heavy atom. The topological polar surface area (TPSA) is 35.5 Å². The van der Waals surface area contributed by atoms with E-state index < -0.39 is 0 Å². The van der Waals surface area contributed by atoms with Gasteiger partial charge in [-0.3, -0.25) is 0 Å². The van der Waals surface area contributed by atoms with Crippen LogP contribution in [-0.4, -0.2) is 35.7 Å². The standard InChI is InChI=1S/C23H27ClN2O/c1-26-10-9-14-11-20(24)22(27)12-19(14)23-18-4-2-3-15(13-25-16-5-6-16)17(18)7-8-21(23)26/h2-4,11-12,16,21,23,25,27H,5-10,13H2,1H3/t21-,23+/m0/s1. The highest BCUT2D eigenvalue weighted by Gasteiger charge is 2.37. The van der Waals surface area contributed by atoms with E-state index in [0.717, 1.165) is 38.4 Å². The summed E-state index contributed by atoms with van der Waals surface area (Å²) in [5.41, 5.74) is 6.95. The lowest BCUT2D eigenvalue weighted by atomic mass is 9.73. The molecule has 0 spiro atoms. The molecule has 2 aromatic carbocycles. The molecule has 0 radical (unpaired) electrons. The normalized spacial score (nSPS) is 24.7. The zero-order chi connectivity index (χ0) is 18.5. The van der Waals surface area contributed by atoms with Gasteiger partial charge in [-0.25, -0.2) is 0 Å². The molecular weight excluding hydrogens is 356 g/mol. The van der Waals surface area contributed by atoms with Gasteiger partial charge >= 0.3 is 0 Å². The van der Waals surface area contributed by atoms with Crippen LogP contribution in [0.4, 0.5) is 0 Å². The summed E-state index contributed by atoms with van der Waals surface area (Å²) in [6.45, 7) is 2.01. The molecule has 1 heterocycles. The second-order valence-electron chi connectivity index (χ2n) is 8.46. The van der Waals surface area contributed by atoms with E-state index in [2.05, 4.69) is 35.5 Å². The maximum Gasteiger partial charge on any atom is 0.134 e. The number of fused-ring (bicyclic) bond motifs is 5. The number of likely N-dealkylation sites (N-methyl/N-ethyl adjacent to an activating group) is 1. The summed E-state index contributed by atoms with van der Waals surface area (Å²) in [5, 5.41) is 14.5. The van der Waals surface area contributed by atoms with Gasteiger partial charge < -0.3 is 15.3 Å². The predicted molar refractivity (Wildman–Crippen MR) is 110 cm³/mol. The van der Waals surface area contributed by atoms with Crippen molar-refractivity contribution in [1.29, 1.82) is 0 Å². The molecule has 1 saturated carbocycles. The first-order chi connectivity index (χ1) is 13.1. The Morgan fingerprint density at radius 1 is 1.15 bits per heavy atom. The highest BCUT2D eigenvalue weighted by atomic mass is 35.5. The quantitative estimate of drug-likeness (QED) is 0.833. The number of benzene rings is 2. The maximum absolute atomic E-state index is 10.3. The minimum absolute atomic E-state index is 0.206. The number of rotatable bonds is 3. The van der Waals surface area contributed by atoms with E-state index in [0.29, 0.717) is 17.0 Å². The lowest BCUT2D eigenvalue weighted by molar-refractivity contribution is 0.213. The van der Waals surface area contributed by atoms with Crippen molar-refractivity contribution in [2.45, 2.75) is 56.7 Å². The third-order valence-electron chi connectivity index (χ3n) is 6.72. The van der Waals surface area contributed by atoms with Gasteiger partial charge in [-0.2, -0.15) is 0 Å². The van der Waals surface area contributed by atoms with E-state index in [-0.39, 0.29) is 5.75 Å². The molecule has 142 valence electrons. The van der Waals surface area contributed by atoms with Crippen LogP contribution < -0.4 is 5.32 Å². The number of hydrogen-bond donors (Lipinski definition) is 2. The van der Waals surface area contributed by atoms with E-state index >= 15 is 0 Å². The van der Waals surface area contributed by atoms with Crippen molar-refractivity contribution in [3.8, 4) is 5.75 Å². The van der Waals surface area contributed by atoms with Gasteiger partial charge in [-0.1, -0.05) is 29.8 Å². The van der Waals surface area contributed by atoms with E-state index in [1.807, 2.05) is 12.1 Å². The lowest BCUT2D eigenvalue weighted by Crippen LogP contribution is -2.40. The van der Waals surface area contributed by atoms with Crippen LogP contribution in [0.15, 0.2) is 30.3 Å². The van der Waals surface area contributed by atoms with Crippen LogP contribution in [-0.2, 0) is 19.4 Å².